The number of benzene rings is 1. The van der Waals surface area contributed by atoms with Gasteiger partial charge in [0.1, 0.15) is 11.5 Å². The Morgan fingerprint density at radius 3 is 2.23 bits per heavy atom. The van der Waals surface area contributed by atoms with Crippen molar-refractivity contribution in [1.29, 1.82) is 0 Å². The van der Waals surface area contributed by atoms with Crippen molar-refractivity contribution in [1.82, 2.24) is 10.1 Å². The maximum atomic E-state index is 12.3. The van der Waals surface area contributed by atoms with Crippen LogP contribution in [0.4, 0.5) is 22.0 Å². The third-order valence-electron chi connectivity index (χ3n) is 4.14. The van der Waals surface area contributed by atoms with Crippen molar-refractivity contribution in [2.75, 3.05) is 16.0 Å². The molecule has 2 heterocycles. The van der Waals surface area contributed by atoms with E-state index in [4.69, 9.17) is 10.3 Å². The second-order valence-corrected chi connectivity index (χ2v) is 7.66. The molecule has 0 fully saturated rings. The molecule has 0 atom stereocenters. The van der Waals surface area contributed by atoms with Crippen LogP contribution in [-0.2, 0) is 12.0 Å². The highest BCUT2D eigenvalue weighted by atomic mass is 35.5. The molecule has 5 N–H and O–H groups in total. The van der Waals surface area contributed by atoms with Crippen LogP contribution in [0.15, 0.2) is 53.1 Å². The molecular weight excluding hydrogens is 420 g/mol. The number of urea groups is 1. The monoisotopic (exact) mass is 444 g/mol. The molecule has 2 aromatic heterocycles. The summed E-state index contributed by atoms with van der Waals surface area (Å²) in [6.45, 7) is 6.23. The first-order chi connectivity index (χ1) is 14.2. The summed E-state index contributed by atoms with van der Waals surface area (Å²) in [5.74, 6) is 0.655. The lowest BCUT2D eigenvalue weighted by Crippen LogP contribution is -2.19. The van der Waals surface area contributed by atoms with Gasteiger partial charge in [0.15, 0.2) is 5.82 Å². The Kier molecular flexibility index (Phi) is 7.73. The van der Waals surface area contributed by atoms with Gasteiger partial charge in [0.05, 0.1) is 5.69 Å². The van der Waals surface area contributed by atoms with Crippen LogP contribution in [0.2, 0.25) is 0 Å². The van der Waals surface area contributed by atoms with Crippen LogP contribution in [-0.4, -0.2) is 22.1 Å². The highest BCUT2D eigenvalue weighted by Gasteiger charge is 2.20. The number of carbonyl (C=O) groups is 2. The van der Waals surface area contributed by atoms with Crippen LogP contribution in [0, 0.1) is 0 Å². The summed E-state index contributed by atoms with van der Waals surface area (Å²) in [5, 5.41) is 11.9. The lowest BCUT2D eigenvalue weighted by molar-refractivity contribution is 0.102. The largest absolute Gasteiger partial charge is 0.359 e. The zero-order chi connectivity index (χ0) is 21.7. The third-order valence-corrected chi connectivity index (χ3v) is 4.14. The molecule has 0 radical (unpaired) electrons. The standard InChI is InChI=1S/C21H24N6O3.ClH/c1-21(2,3)17-11-18(27-30-17)26-20(29)25-14-9-7-13(8-10-14)24-19(28)16-6-4-5-15(12-22)23-16;/h4-11H,12,22H2,1-3H3,(H,24,28)(H2,25,26,27,29);1H. The average molecular weight is 445 g/mol. The zero-order valence-corrected chi connectivity index (χ0v) is 18.2. The molecule has 3 aromatic rings. The van der Waals surface area contributed by atoms with Gasteiger partial charge in [-0.1, -0.05) is 32.0 Å². The van der Waals surface area contributed by atoms with Crippen LogP contribution < -0.4 is 21.7 Å². The summed E-state index contributed by atoms with van der Waals surface area (Å²) in [6.07, 6.45) is 0. The van der Waals surface area contributed by atoms with Crippen LogP contribution in [0.3, 0.4) is 0 Å². The van der Waals surface area contributed by atoms with E-state index in [2.05, 4.69) is 26.1 Å². The van der Waals surface area contributed by atoms with Crippen molar-refractivity contribution in [3.05, 3.63) is 65.7 Å². The van der Waals surface area contributed by atoms with Crippen LogP contribution in [0.25, 0.3) is 0 Å². The van der Waals surface area contributed by atoms with Crippen molar-refractivity contribution in [3.8, 4) is 0 Å². The molecule has 0 aliphatic heterocycles. The summed E-state index contributed by atoms with van der Waals surface area (Å²) >= 11 is 0. The Hall–Kier alpha value is -3.43. The summed E-state index contributed by atoms with van der Waals surface area (Å²) in [4.78, 5) is 28.7. The SMILES string of the molecule is CC(C)(C)c1cc(NC(=O)Nc2ccc(NC(=O)c3cccc(CN)n3)cc2)no1.Cl. The highest BCUT2D eigenvalue weighted by molar-refractivity contribution is 6.03. The predicted molar refractivity (Wildman–Crippen MR) is 122 cm³/mol. The average Bonchev–Trinajstić information content (AvgIpc) is 3.18. The second kappa shape index (κ2) is 10.1. The Morgan fingerprint density at radius 2 is 1.65 bits per heavy atom. The molecule has 0 spiro atoms. The van der Waals surface area contributed by atoms with Crippen LogP contribution in [0.1, 0.15) is 42.7 Å². The van der Waals surface area contributed by atoms with E-state index in [1.54, 1.807) is 48.5 Å². The fourth-order valence-electron chi connectivity index (χ4n) is 2.52. The Morgan fingerprint density at radius 1 is 1.00 bits per heavy atom. The molecule has 9 nitrogen and oxygen atoms in total. The molecule has 0 aliphatic rings. The molecule has 0 unspecified atom stereocenters. The number of halogens is 1. The fourth-order valence-corrected chi connectivity index (χ4v) is 2.52. The number of pyridine rings is 1. The molecule has 1 aromatic carbocycles. The lowest BCUT2D eigenvalue weighted by Gasteiger charge is -2.12. The van der Waals surface area contributed by atoms with Gasteiger partial charge < -0.3 is 20.9 Å². The molecule has 3 rings (SSSR count). The van der Waals surface area contributed by atoms with Gasteiger partial charge in [-0.25, -0.2) is 9.78 Å². The van der Waals surface area contributed by atoms with Gasteiger partial charge in [-0.3, -0.25) is 10.1 Å². The van der Waals surface area contributed by atoms with E-state index in [9.17, 15) is 9.59 Å². The summed E-state index contributed by atoms with van der Waals surface area (Å²) in [6, 6.07) is 13.0. The van der Waals surface area contributed by atoms with E-state index >= 15 is 0 Å². The normalized spacial score (nSPS) is 10.7. The molecule has 0 saturated carbocycles. The van der Waals surface area contributed by atoms with E-state index < -0.39 is 6.03 Å². The van der Waals surface area contributed by atoms with Crippen molar-refractivity contribution in [2.24, 2.45) is 5.73 Å². The van der Waals surface area contributed by atoms with Crippen molar-refractivity contribution >= 4 is 41.5 Å². The minimum absolute atomic E-state index is 0. The molecule has 0 saturated heterocycles. The number of amides is 3. The Labute approximate surface area is 186 Å². The van der Waals surface area contributed by atoms with Gasteiger partial charge in [0, 0.05) is 29.4 Å². The number of nitrogens with two attached hydrogens (primary N) is 1. The fraction of sp³-hybridized carbons (Fsp3) is 0.238. The predicted octanol–water partition coefficient (Wildman–Crippen LogP) is 4.14. The number of nitrogens with one attached hydrogen (secondary N) is 3. The Bertz CT molecular complexity index is 1040. The first-order valence-electron chi connectivity index (χ1n) is 9.37. The minimum Gasteiger partial charge on any atom is -0.359 e. The maximum absolute atomic E-state index is 12.3. The first-order valence-corrected chi connectivity index (χ1v) is 9.37. The quantitative estimate of drug-likeness (QED) is 0.467. The van der Waals surface area contributed by atoms with E-state index in [0.29, 0.717) is 28.6 Å². The highest BCUT2D eigenvalue weighted by Crippen LogP contribution is 2.24. The van der Waals surface area contributed by atoms with Crippen molar-refractivity contribution < 1.29 is 14.1 Å². The number of hydrogen-bond acceptors (Lipinski definition) is 6. The maximum Gasteiger partial charge on any atom is 0.324 e. The summed E-state index contributed by atoms with van der Waals surface area (Å²) in [5.41, 5.74) is 7.38. The van der Waals surface area contributed by atoms with E-state index in [-0.39, 0.29) is 36.0 Å². The van der Waals surface area contributed by atoms with Gasteiger partial charge in [-0.2, -0.15) is 0 Å². The van der Waals surface area contributed by atoms with Gasteiger partial charge in [0.25, 0.3) is 5.91 Å². The molecule has 0 bridgehead atoms. The number of carbonyl (C=O) groups excluding carboxylic acids is 2. The minimum atomic E-state index is -0.455. The molecule has 10 heteroatoms. The van der Waals surface area contributed by atoms with Gasteiger partial charge in [-0.05, 0) is 36.4 Å². The second-order valence-electron chi connectivity index (χ2n) is 7.66. The summed E-state index contributed by atoms with van der Waals surface area (Å²) in [7, 11) is 0. The van der Waals surface area contributed by atoms with Crippen molar-refractivity contribution in [3.63, 3.8) is 0 Å². The number of hydrogen-bond donors (Lipinski definition) is 4. The lowest BCUT2D eigenvalue weighted by atomic mass is 9.93. The smallest absolute Gasteiger partial charge is 0.324 e. The third kappa shape index (κ3) is 6.53. The van der Waals surface area contributed by atoms with E-state index in [0.717, 1.165) is 0 Å². The number of nitrogens with zero attached hydrogens (tertiary/aromatic N) is 2. The molecule has 0 aliphatic carbocycles. The molecule has 31 heavy (non-hydrogen) atoms. The molecule has 164 valence electrons. The van der Waals surface area contributed by atoms with Gasteiger partial charge in [0.2, 0.25) is 0 Å². The molecular formula is C21H25ClN6O3. The molecule has 3 amide bonds. The topological polar surface area (TPSA) is 135 Å². The Balaban J connectivity index is 0.00000341. The van der Waals surface area contributed by atoms with Crippen molar-refractivity contribution in [2.45, 2.75) is 32.7 Å². The number of anilines is 3. The van der Waals surface area contributed by atoms with E-state index in [1.807, 2.05) is 20.8 Å². The van der Waals surface area contributed by atoms with Crippen LogP contribution >= 0.6 is 12.4 Å². The van der Waals surface area contributed by atoms with Crippen LogP contribution in [0.5, 0.6) is 0 Å². The van der Waals surface area contributed by atoms with Gasteiger partial charge in [-0.15, -0.1) is 12.4 Å². The van der Waals surface area contributed by atoms with Gasteiger partial charge >= 0.3 is 6.03 Å². The number of aromatic nitrogens is 2. The summed E-state index contributed by atoms with van der Waals surface area (Å²) < 4.78 is 5.24. The first kappa shape index (κ1) is 23.8. The zero-order valence-electron chi connectivity index (χ0n) is 17.4. The number of rotatable bonds is 5. The van der Waals surface area contributed by atoms with E-state index in [1.165, 1.54) is 0 Å².